The zero-order chi connectivity index (χ0) is 21.6. The standard InChI is InChI=1S/C25H35N3O3/c1-30-23-16-21(17-24(31-2)25(23)29)19-27-12-14-28(15-13-27)22-8-10-26(11-9-22)18-20-6-4-3-5-7-20/h3-7,16-17,22,29H,8-15,18-19H2,1-2H3/p+3. The van der Waals surface area contributed by atoms with Crippen LogP contribution in [0.15, 0.2) is 42.5 Å². The zero-order valence-electron chi connectivity index (χ0n) is 19.0. The van der Waals surface area contributed by atoms with E-state index in [9.17, 15) is 5.11 Å². The first-order valence-corrected chi connectivity index (χ1v) is 11.7. The van der Waals surface area contributed by atoms with E-state index in [-0.39, 0.29) is 5.75 Å². The SMILES string of the molecule is COc1cc(C[NH+]2CC[NH+](C3CC[NH+](Cc4ccccc4)CC3)CC2)cc(OC)c1O. The summed E-state index contributed by atoms with van der Waals surface area (Å²) in [5, 5.41) is 10.1. The number of piperazine rings is 1. The van der Waals surface area contributed by atoms with Crippen LogP contribution in [-0.4, -0.2) is 64.6 Å². The lowest BCUT2D eigenvalue weighted by Crippen LogP contribution is -3.30. The Morgan fingerprint density at radius 3 is 1.90 bits per heavy atom. The van der Waals surface area contributed by atoms with Crippen LogP contribution in [0.1, 0.15) is 24.0 Å². The van der Waals surface area contributed by atoms with Crippen molar-refractivity contribution >= 4 is 0 Å². The molecule has 0 unspecified atom stereocenters. The summed E-state index contributed by atoms with van der Waals surface area (Å²) in [5.74, 6) is 1.06. The van der Waals surface area contributed by atoms with Crippen LogP contribution < -0.4 is 24.2 Å². The normalized spacial score (nSPS) is 26.4. The number of phenolic OH excluding ortho intramolecular Hbond substituents is 1. The van der Waals surface area contributed by atoms with E-state index in [0.717, 1.165) is 18.2 Å². The van der Waals surface area contributed by atoms with E-state index in [0.29, 0.717) is 11.5 Å². The van der Waals surface area contributed by atoms with Crippen LogP contribution in [0.5, 0.6) is 17.2 Å². The van der Waals surface area contributed by atoms with Crippen LogP contribution in [0, 0.1) is 0 Å². The van der Waals surface area contributed by atoms with Crippen LogP contribution in [0.4, 0.5) is 0 Å². The quantitative estimate of drug-likeness (QED) is 0.455. The Morgan fingerprint density at radius 1 is 0.774 bits per heavy atom. The summed E-state index contributed by atoms with van der Waals surface area (Å²) in [4.78, 5) is 5.15. The molecule has 0 radical (unpaired) electrons. The number of hydrogen-bond donors (Lipinski definition) is 4. The number of phenols is 1. The molecule has 2 aromatic rings. The summed E-state index contributed by atoms with van der Waals surface area (Å²) in [7, 11) is 3.17. The van der Waals surface area contributed by atoms with Crippen LogP contribution >= 0.6 is 0 Å². The van der Waals surface area contributed by atoms with Gasteiger partial charge >= 0.3 is 0 Å². The highest BCUT2D eigenvalue weighted by molar-refractivity contribution is 5.52. The van der Waals surface area contributed by atoms with E-state index in [2.05, 4.69) is 30.3 Å². The molecular formula is C25H38N3O3+3. The van der Waals surface area contributed by atoms with Crippen LogP contribution in [0.25, 0.3) is 0 Å². The number of piperidine rings is 1. The third-order valence-electron chi connectivity index (χ3n) is 7.16. The number of rotatable bonds is 7. The minimum atomic E-state index is 0.0822. The fraction of sp³-hybridized carbons (Fsp3) is 0.520. The van der Waals surface area contributed by atoms with Gasteiger partial charge in [-0.05, 0) is 12.1 Å². The van der Waals surface area contributed by atoms with E-state index < -0.39 is 0 Å². The van der Waals surface area contributed by atoms with E-state index in [1.165, 1.54) is 64.2 Å². The maximum atomic E-state index is 10.1. The monoisotopic (exact) mass is 428 g/mol. The molecule has 0 aromatic heterocycles. The van der Waals surface area contributed by atoms with Crippen molar-refractivity contribution in [2.75, 3.05) is 53.5 Å². The van der Waals surface area contributed by atoms with Crippen LogP contribution in [0.2, 0.25) is 0 Å². The number of hydrogen-bond acceptors (Lipinski definition) is 3. The minimum Gasteiger partial charge on any atom is -0.502 e. The van der Waals surface area contributed by atoms with Crippen molar-refractivity contribution in [2.24, 2.45) is 0 Å². The van der Waals surface area contributed by atoms with Gasteiger partial charge in [0, 0.05) is 24.0 Å². The average Bonchev–Trinajstić information content (AvgIpc) is 2.82. The van der Waals surface area contributed by atoms with Crippen molar-refractivity contribution in [1.29, 1.82) is 0 Å². The molecule has 2 aliphatic heterocycles. The molecule has 2 fully saturated rings. The molecule has 0 aliphatic carbocycles. The van der Waals surface area contributed by atoms with E-state index in [4.69, 9.17) is 9.47 Å². The van der Waals surface area contributed by atoms with Gasteiger partial charge in [-0.1, -0.05) is 30.3 Å². The number of likely N-dealkylation sites (tertiary alicyclic amines) is 1. The number of nitrogens with one attached hydrogen (secondary N) is 3. The lowest BCUT2D eigenvalue weighted by molar-refractivity contribution is -1.04. The highest BCUT2D eigenvalue weighted by Crippen LogP contribution is 2.36. The molecule has 2 aromatic carbocycles. The van der Waals surface area contributed by atoms with E-state index in [1.807, 2.05) is 17.0 Å². The summed E-state index contributed by atoms with van der Waals surface area (Å²) >= 11 is 0. The second-order valence-electron chi connectivity index (χ2n) is 9.12. The van der Waals surface area contributed by atoms with Crippen molar-refractivity contribution in [1.82, 2.24) is 0 Å². The second-order valence-corrected chi connectivity index (χ2v) is 9.12. The molecule has 0 atom stereocenters. The Balaban J connectivity index is 1.24. The fourth-order valence-corrected chi connectivity index (χ4v) is 5.34. The molecule has 4 rings (SSSR count). The van der Waals surface area contributed by atoms with Gasteiger partial charge in [-0.25, -0.2) is 0 Å². The topological polar surface area (TPSA) is 52.0 Å². The van der Waals surface area contributed by atoms with Crippen molar-refractivity contribution in [3.8, 4) is 17.2 Å². The molecule has 0 spiro atoms. The minimum absolute atomic E-state index is 0.0822. The Labute approximate surface area is 186 Å². The van der Waals surface area contributed by atoms with Gasteiger partial charge in [-0.3, -0.25) is 0 Å². The summed E-state index contributed by atoms with van der Waals surface area (Å²) in [6.07, 6.45) is 2.69. The first-order valence-electron chi connectivity index (χ1n) is 11.7. The number of aromatic hydroxyl groups is 1. The predicted octanol–water partition coefficient (Wildman–Crippen LogP) is -1.06. The number of benzene rings is 2. The number of ether oxygens (including phenoxy) is 2. The number of quaternary nitrogens is 3. The second kappa shape index (κ2) is 10.4. The van der Waals surface area contributed by atoms with Crippen molar-refractivity contribution in [2.45, 2.75) is 32.0 Å². The molecule has 0 bridgehead atoms. The average molecular weight is 429 g/mol. The molecule has 6 nitrogen and oxygen atoms in total. The molecule has 2 aliphatic rings. The lowest BCUT2D eigenvalue weighted by atomic mass is 10.0. The predicted molar refractivity (Wildman–Crippen MR) is 120 cm³/mol. The van der Waals surface area contributed by atoms with Crippen molar-refractivity contribution in [3.05, 3.63) is 53.6 Å². The van der Waals surface area contributed by atoms with Gasteiger partial charge in [0.15, 0.2) is 11.5 Å². The zero-order valence-corrected chi connectivity index (χ0v) is 19.0. The Morgan fingerprint density at radius 2 is 1.32 bits per heavy atom. The van der Waals surface area contributed by atoms with E-state index in [1.54, 1.807) is 24.0 Å². The molecule has 0 saturated carbocycles. The molecule has 2 saturated heterocycles. The molecule has 31 heavy (non-hydrogen) atoms. The molecule has 4 N–H and O–H groups in total. The maximum Gasteiger partial charge on any atom is 0.200 e. The molecule has 168 valence electrons. The smallest absolute Gasteiger partial charge is 0.200 e. The first kappa shape index (κ1) is 21.9. The maximum absolute atomic E-state index is 10.1. The van der Waals surface area contributed by atoms with E-state index >= 15 is 0 Å². The van der Waals surface area contributed by atoms with Gasteiger partial charge in [0.2, 0.25) is 5.75 Å². The van der Waals surface area contributed by atoms with Gasteiger partial charge in [-0.15, -0.1) is 0 Å². The van der Waals surface area contributed by atoms with Crippen LogP contribution in [0.3, 0.4) is 0 Å². The Hall–Kier alpha value is -2.28. The van der Waals surface area contributed by atoms with Gasteiger partial charge < -0.3 is 29.3 Å². The Bertz CT molecular complexity index is 804. The summed E-state index contributed by atoms with van der Waals surface area (Å²) in [6, 6.07) is 15.6. The highest BCUT2D eigenvalue weighted by atomic mass is 16.5. The fourth-order valence-electron chi connectivity index (χ4n) is 5.34. The van der Waals surface area contributed by atoms with Crippen molar-refractivity contribution < 1.29 is 29.3 Å². The molecular weight excluding hydrogens is 390 g/mol. The van der Waals surface area contributed by atoms with Crippen LogP contribution in [-0.2, 0) is 13.1 Å². The molecule has 2 heterocycles. The van der Waals surface area contributed by atoms with Gasteiger partial charge in [0.25, 0.3) is 0 Å². The lowest BCUT2D eigenvalue weighted by Gasteiger charge is -2.37. The van der Waals surface area contributed by atoms with Gasteiger partial charge in [-0.2, -0.15) is 0 Å². The summed E-state index contributed by atoms with van der Waals surface area (Å²) in [5.41, 5.74) is 2.62. The Kier molecular flexibility index (Phi) is 7.33. The summed E-state index contributed by atoms with van der Waals surface area (Å²) < 4.78 is 10.6. The van der Waals surface area contributed by atoms with Gasteiger partial charge in [0.05, 0.1) is 33.4 Å². The molecule has 6 heteroatoms. The summed E-state index contributed by atoms with van der Waals surface area (Å²) in [6.45, 7) is 9.59. The highest BCUT2D eigenvalue weighted by Gasteiger charge is 2.33. The third-order valence-corrected chi connectivity index (χ3v) is 7.16. The first-order chi connectivity index (χ1) is 15.2. The number of methoxy groups -OCH3 is 2. The van der Waals surface area contributed by atoms with Gasteiger partial charge in [0.1, 0.15) is 39.3 Å². The largest absolute Gasteiger partial charge is 0.502 e. The molecule has 0 amide bonds. The third kappa shape index (κ3) is 5.50. The van der Waals surface area contributed by atoms with Crippen molar-refractivity contribution in [3.63, 3.8) is 0 Å².